The Morgan fingerprint density at radius 3 is 2.14 bits per heavy atom. The molecule has 7 heavy (non-hydrogen) atoms. The van der Waals surface area contributed by atoms with Gasteiger partial charge in [0.25, 0.3) is 0 Å². The molecule has 0 spiro atoms. The van der Waals surface area contributed by atoms with E-state index < -0.39 is 5.97 Å². The third-order valence-corrected chi connectivity index (χ3v) is 0.214. The van der Waals surface area contributed by atoms with Crippen LogP contribution in [0.25, 0.3) is 0 Å². The van der Waals surface area contributed by atoms with Crippen LogP contribution in [0, 0.1) is 0 Å². The number of carbonyl (C=O) groups excluding carboxylic acids is 2. The molecule has 0 saturated heterocycles. The van der Waals surface area contributed by atoms with Crippen LogP contribution in [0.2, 0.25) is 0 Å². The molecule has 0 aromatic rings. The summed E-state index contributed by atoms with van der Waals surface area (Å²) in [4.78, 5) is 18.8. The van der Waals surface area contributed by atoms with Crippen molar-refractivity contribution >= 4 is 12.4 Å². The van der Waals surface area contributed by atoms with Crippen molar-refractivity contribution in [3.63, 3.8) is 0 Å². The molecule has 0 bridgehead atoms. The largest absolute Gasteiger partial charge is 0.396 e. The van der Waals surface area contributed by atoms with E-state index >= 15 is 0 Å². The van der Waals surface area contributed by atoms with Crippen LogP contribution in [0.5, 0.6) is 0 Å². The molecule has 0 N–H and O–H groups in total. The summed E-state index contributed by atoms with van der Waals surface area (Å²) in [6, 6.07) is 0. The van der Waals surface area contributed by atoms with Crippen LogP contribution in [-0.4, -0.2) is 12.4 Å². The van der Waals surface area contributed by atoms with E-state index in [1.807, 2.05) is 0 Å². The molecule has 39 valence electrons. The Bertz CT molecular complexity index is 70.6. The first-order valence-electron chi connectivity index (χ1n) is 1.38. The number of hydrogen-bond acceptors (Lipinski definition) is 3. The summed E-state index contributed by atoms with van der Waals surface area (Å²) in [6.45, 7) is 1.26. The monoisotopic (exact) mass is 139 g/mol. The zero-order chi connectivity index (χ0) is 4.99. The maximum Gasteiger partial charge on any atom is 0.310 e. The standard InChI is InChI=1S/C3H4O3.V/c1-3(5)6-2-4;/h2H,1H3;. The molecule has 0 aliphatic rings. The van der Waals surface area contributed by atoms with Crippen LogP contribution in [0.15, 0.2) is 0 Å². The van der Waals surface area contributed by atoms with E-state index in [1.165, 1.54) is 0 Å². The molecule has 0 unspecified atom stereocenters. The molecule has 0 rings (SSSR count). The predicted molar refractivity (Wildman–Crippen MR) is 17.8 cm³/mol. The fraction of sp³-hybridized carbons (Fsp3) is 0.333. The van der Waals surface area contributed by atoms with Crippen molar-refractivity contribution in [2.75, 3.05) is 0 Å². The number of hydrogen-bond donors (Lipinski definition) is 0. The maximum atomic E-state index is 9.59. The van der Waals surface area contributed by atoms with Gasteiger partial charge in [0, 0.05) is 25.5 Å². The minimum absolute atomic E-state index is 0. The smallest absolute Gasteiger partial charge is 0.310 e. The van der Waals surface area contributed by atoms with E-state index in [2.05, 4.69) is 4.74 Å². The summed E-state index contributed by atoms with van der Waals surface area (Å²) >= 11 is 0. The Kier molecular flexibility index (Phi) is 8.07. The quantitative estimate of drug-likeness (QED) is 0.284. The third kappa shape index (κ3) is 10.7. The average molecular weight is 139 g/mol. The van der Waals surface area contributed by atoms with Crippen molar-refractivity contribution in [2.24, 2.45) is 0 Å². The molecule has 0 amide bonds. The van der Waals surface area contributed by atoms with E-state index in [1.54, 1.807) is 0 Å². The van der Waals surface area contributed by atoms with Gasteiger partial charge in [-0.25, -0.2) is 0 Å². The van der Waals surface area contributed by atoms with E-state index in [0.717, 1.165) is 6.92 Å². The second kappa shape index (κ2) is 5.72. The molecule has 1 radical (unpaired) electrons. The first kappa shape index (κ1) is 9.87. The average Bonchev–Trinajstić information content (AvgIpc) is 1.35. The first-order chi connectivity index (χ1) is 2.77. The van der Waals surface area contributed by atoms with Gasteiger partial charge in [-0.1, -0.05) is 0 Å². The Morgan fingerprint density at radius 2 is 2.14 bits per heavy atom. The molecule has 0 aromatic carbocycles. The summed E-state index contributed by atoms with van der Waals surface area (Å²) in [7, 11) is 0. The van der Waals surface area contributed by atoms with Gasteiger partial charge >= 0.3 is 12.4 Å². The van der Waals surface area contributed by atoms with Gasteiger partial charge in [-0.3, -0.25) is 9.59 Å². The van der Waals surface area contributed by atoms with Crippen molar-refractivity contribution in [3.05, 3.63) is 0 Å². The van der Waals surface area contributed by atoms with Crippen molar-refractivity contribution in [2.45, 2.75) is 6.92 Å². The fourth-order valence-corrected chi connectivity index (χ4v) is 0.0678. The second-order valence-electron chi connectivity index (χ2n) is 0.706. The second-order valence-corrected chi connectivity index (χ2v) is 0.706. The molecule has 0 fully saturated rings. The summed E-state index contributed by atoms with van der Waals surface area (Å²) in [5, 5.41) is 0. The summed E-state index contributed by atoms with van der Waals surface area (Å²) in [5.74, 6) is -0.579. The van der Waals surface area contributed by atoms with Crippen molar-refractivity contribution in [1.82, 2.24) is 0 Å². The molecule has 0 aliphatic carbocycles. The minimum Gasteiger partial charge on any atom is -0.396 e. The minimum atomic E-state index is -0.579. The Labute approximate surface area is 52.9 Å². The zero-order valence-electron chi connectivity index (χ0n) is 3.75. The van der Waals surface area contributed by atoms with E-state index in [-0.39, 0.29) is 25.0 Å². The van der Waals surface area contributed by atoms with Crippen LogP contribution in [-0.2, 0) is 32.9 Å². The first-order valence-corrected chi connectivity index (χ1v) is 1.38. The fourth-order valence-electron chi connectivity index (χ4n) is 0.0678. The normalized spacial score (nSPS) is 5.86. The van der Waals surface area contributed by atoms with Crippen molar-refractivity contribution < 1.29 is 32.9 Å². The van der Waals surface area contributed by atoms with Crippen LogP contribution in [0.3, 0.4) is 0 Å². The van der Waals surface area contributed by atoms with E-state index in [4.69, 9.17) is 0 Å². The Balaban J connectivity index is 0. The molecule has 4 heteroatoms. The number of rotatable bonds is 1. The van der Waals surface area contributed by atoms with Gasteiger partial charge < -0.3 is 4.74 Å². The zero-order valence-corrected chi connectivity index (χ0v) is 5.15. The van der Waals surface area contributed by atoms with Crippen LogP contribution < -0.4 is 0 Å². The van der Waals surface area contributed by atoms with Gasteiger partial charge in [0.15, 0.2) is 0 Å². The van der Waals surface area contributed by atoms with Gasteiger partial charge in [0.05, 0.1) is 0 Å². The van der Waals surface area contributed by atoms with Gasteiger partial charge in [-0.2, -0.15) is 0 Å². The maximum absolute atomic E-state index is 9.59. The summed E-state index contributed by atoms with van der Waals surface area (Å²) in [6.07, 6.45) is 0. The number of carbonyl (C=O) groups is 2. The molecule has 0 atom stereocenters. The number of ether oxygens (including phenoxy) is 1. The molecule has 0 heterocycles. The molecular weight excluding hydrogens is 135 g/mol. The van der Waals surface area contributed by atoms with Crippen LogP contribution in [0.1, 0.15) is 6.92 Å². The van der Waals surface area contributed by atoms with Gasteiger partial charge in [0.2, 0.25) is 0 Å². The molecule has 0 saturated carbocycles. The van der Waals surface area contributed by atoms with E-state index in [0.29, 0.717) is 0 Å². The summed E-state index contributed by atoms with van der Waals surface area (Å²) in [5.41, 5.74) is 0. The predicted octanol–water partition coefficient (Wildman–Crippen LogP) is -0.297. The van der Waals surface area contributed by atoms with E-state index in [9.17, 15) is 9.59 Å². The Hall–Kier alpha value is -0.276. The SMILES string of the molecule is CC(=O)OC=O.[V]. The van der Waals surface area contributed by atoms with Crippen LogP contribution >= 0.6 is 0 Å². The van der Waals surface area contributed by atoms with Gasteiger partial charge in [-0.05, 0) is 0 Å². The summed E-state index contributed by atoms with van der Waals surface area (Å²) < 4.78 is 3.72. The van der Waals surface area contributed by atoms with Crippen molar-refractivity contribution in [1.29, 1.82) is 0 Å². The molecular formula is C3H4O3V. The number of esters is 1. The molecule has 0 aromatic heterocycles. The third-order valence-electron chi connectivity index (χ3n) is 0.214. The van der Waals surface area contributed by atoms with Gasteiger partial charge in [-0.15, -0.1) is 0 Å². The molecule has 0 aliphatic heterocycles. The van der Waals surface area contributed by atoms with Crippen LogP contribution in [0.4, 0.5) is 0 Å². The molecule has 3 nitrogen and oxygen atoms in total. The van der Waals surface area contributed by atoms with Crippen molar-refractivity contribution in [3.8, 4) is 0 Å². The van der Waals surface area contributed by atoms with Gasteiger partial charge in [0.1, 0.15) is 0 Å². The Morgan fingerprint density at radius 1 is 1.71 bits per heavy atom. The topological polar surface area (TPSA) is 43.4 Å².